The molecule has 0 N–H and O–H groups in total. The fraction of sp³-hybridized carbons (Fsp3) is 0.200. The third kappa shape index (κ3) is 3.57. The summed E-state index contributed by atoms with van der Waals surface area (Å²) < 4.78 is 5.80. The lowest BCUT2D eigenvalue weighted by Crippen LogP contribution is -2.06. The van der Waals surface area contributed by atoms with Crippen LogP contribution in [0.5, 0.6) is 5.88 Å². The number of rotatable bonds is 5. The first kappa shape index (κ1) is 15.2. The monoisotopic (exact) mass is 304 g/mol. The summed E-state index contributed by atoms with van der Waals surface area (Å²) in [5.74, 6) is 1.39. The Morgan fingerprint density at radius 1 is 0.870 bits per heavy atom. The van der Waals surface area contributed by atoms with Gasteiger partial charge in [0.05, 0.1) is 6.61 Å². The highest BCUT2D eigenvalue weighted by atomic mass is 16.5. The largest absolute Gasteiger partial charge is 0.478 e. The first-order valence-corrected chi connectivity index (χ1v) is 7.87. The predicted octanol–water partition coefficient (Wildman–Crippen LogP) is 4.44. The van der Waals surface area contributed by atoms with Crippen LogP contribution in [0.3, 0.4) is 0 Å². The lowest BCUT2D eigenvalue weighted by molar-refractivity contribution is 0.322. The van der Waals surface area contributed by atoms with Gasteiger partial charge in [-0.1, -0.05) is 60.7 Å². The molecule has 0 aliphatic heterocycles. The van der Waals surface area contributed by atoms with Crippen molar-refractivity contribution in [1.29, 1.82) is 0 Å². The van der Waals surface area contributed by atoms with E-state index < -0.39 is 0 Å². The van der Waals surface area contributed by atoms with Crippen molar-refractivity contribution in [3.05, 3.63) is 77.5 Å². The number of aryl methyl sites for hydroxylation is 1. The molecule has 3 aromatic rings. The third-order valence-electron chi connectivity index (χ3n) is 3.71. The molecule has 0 fully saturated rings. The molecule has 3 heteroatoms. The van der Waals surface area contributed by atoms with Crippen molar-refractivity contribution >= 4 is 0 Å². The Hall–Kier alpha value is -2.68. The molecule has 3 rings (SSSR count). The molecule has 0 aliphatic carbocycles. The van der Waals surface area contributed by atoms with Gasteiger partial charge in [0.15, 0.2) is 5.82 Å². The molecule has 3 nitrogen and oxygen atoms in total. The Morgan fingerprint density at radius 2 is 1.52 bits per heavy atom. The van der Waals surface area contributed by atoms with Crippen molar-refractivity contribution in [3.63, 3.8) is 0 Å². The van der Waals surface area contributed by atoms with Gasteiger partial charge in [-0.2, -0.15) is 4.98 Å². The van der Waals surface area contributed by atoms with Crippen LogP contribution < -0.4 is 4.74 Å². The summed E-state index contributed by atoms with van der Waals surface area (Å²) in [7, 11) is 0. The van der Waals surface area contributed by atoms with Crippen LogP contribution in [0.4, 0.5) is 0 Å². The molecule has 0 bridgehead atoms. The number of aromatic nitrogens is 2. The lowest BCUT2D eigenvalue weighted by Gasteiger charge is -2.13. The summed E-state index contributed by atoms with van der Waals surface area (Å²) >= 11 is 0. The normalized spacial score (nSPS) is 10.5. The second kappa shape index (κ2) is 7.05. The minimum atomic E-state index is 0.590. The van der Waals surface area contributed by atoms with Crippen molar-refractivity contribution in [2.24, 2.45) is 0 Å². The molecule has 0 atom stereocenters. The maximum absolute atomic E-state index is 5.80. The molecule has 0 spiro atoms. The molecule has 0 unspecified atom stereocenters. The Labute approximate surface area is 137 Å². The van der Waals surface area contributed by atoms with E-state index in [9.17, 15) is 0 Å². The van der Waals surface area contributed by atoms with E-state index in [4.69, 9.17) is 9.72 Å². The van der Waals surface area contributed by atoms with Crippen LogP contribution in [0.25, 0.3) is 11.4 Å². The average molecular weight is 304 g/mol. The zero-order valence-electron chi connectivity index (χ0n) is 13.5. The van der Waals surface area contributed by atoms with Gasteiger partial charge in [0.2, 0.25) is 5.88 Å². The van der Waals surface area contributed by atoms with Gasteiger partial charge in [-0.25, -0.2) is 4.98 Å². The predicted molar refractivity (Wildman–Crippen MR) is 92.6 cm³/mol. The van der Waals surface area contributed by atoms with Crippen LogP contribution in [-0.2, 0) is 6.42 Å². The van der Waals surface area contributed by atoms with Crippen molar-refractivity contribution in [2.45, 2.75) is 20.3 Å². The van der Waals surface area contributed by atoms with E-state index in [1.165, 1.54) is 5.56 Å². The van der Waals surface area contributed by atoms with E-state index in [1.807, 2.05) is 62.4 Å². The Bertz CT molecular complexity index is 770. The van der Waals surface area contributed by atoms with Crippen LogP contribution in [0, 0.1) is 6.92 Å². The molecule has 2 aromatic carbocycles. The van der Waals surface area contributed by atoms with Crippen LogP contribution in [0.2, 0.25) is 0 Å². The third-order valence-corrected chi connectivity index (χ3v) is 3.71. The van der Waals surface area contributed by atoms with Gasteiger partial charge in [-0.05, 0) is 19.4 Å². The highest BCUT2D eigenvalue weighted by molar-refractivity contribution is 5.56. The van der Waals surface area contributed by atoms with E-state index in [-0.39, 0.29) is 0 Å². The molecule has 23 heavy (non-hydrogen) atoms. The van der Waals surface area contributed by atoms with Gasteiger partial charge >= 0.3 is 0 Å². The van der Waals surface area contributed by atoms with Gasteiger partial charge in [0.1, 0.15) is 0 Å². The van der Waals surface area contributed by atoms with E-state index >= 15 is 0 Å². The standard InChI is InChI=1S/C20H20N2O/c1-3-23-20-18(14-16-10-6-4-7-11-16)15(2)21-19(22-20)17-12-8-5-9-13-17/h4-13H,3,14H2,1-2H3. The molecule has 1 heterocycles. The van der Waals surface area contributed by atoms with Crippen LogP contribution >= 0.6 is 0 Å². The summed E-state index contributed by atoms with van der Waals surface area (Å²) in [6.07, 6.45) is 0.775. The summed E-state index contributed by atoms with van der Waals surface area (Å²) in [6.45, 7) is 4.59. The van der Waals surface area contributed by atoms with E-state index in [0.717, 1.165) is 23.2 Å². The van der Waals surface area contributed by atoms with Crippen LogP contribution in [0.1, 0.15) is 23.7 Å². The van der Waals surface area contributed by atoms with Gasteiger partial charge in [-0.3, -0.25) is 0 Å². The number of hydrogen-bond donors (Lipinski definition) is 0. The van der Waals surface area contributed by atoms with Crippen molar-refractivity contribution in [3.8, 4) is 17.3 Å². The van der Waals surface area contributed by atoms with Crippen LogP contribution in [0.15, 0.2) is 60.7 Å². The Kier molecular flexibility index (Phi) is 4.67. The molecule has 0 amide bonds. The first-order chi connectivity index (χ1) is 11.3. The lowest BCUT2D eigenvalue weighted by atomic mass is 10.0. The average Bonchev–Trinajstić information content (AvgIpc) is 2.59. The summed E-state index contributed by atoms with van der Waals surface area (Å²) in [5, 5.41) is 0. The topological polar surface area (TPSA) is 35.0 Å². The minimum Gasteiger partial charge on any atom is -0.478 e. The van der Waals surface area contributed by atoms with Crippen molar-refractivity contribution < 1.29 is 4.74 Å². The van der Waals surface area contributed by atoms with Crippen molar-refractivity contribution in [2.75, 3.05) is 6.61 Å². The maximum atomic E-state index is 5.80. The van der Waals surface area contributed by atoms with E-state index in [2.05, 4.69) is 17.1 Å². The van der Waals surface area contributed by atoms with E-state index in [0.29, 0.717) is 18.3 Å². The summed E-state index contributed by atoms with van der Waals surface area (Å²) in [4.78, 5) is 9.35. The molecule has 0 aliphatic rings. The minimum absolute atomic E-state index is 0.590. The van der Waals surface area contributed by atoms with Gasteiger partial charge in [0.25, 0.3) is 0 Å². The van der Waals surface area contributed by atoms with Crippen molar-refractivity contribution in [1.82, 2.24) is 9.97 Å². The molecular formula is C20H20N2O. The zero-order chi connectivity index (χ0) is 16.1. The highest BCUT2D eigenvalue weighted by Gasteiger charge is 2.14. The second-order valence-electron chi connectivity index (χ2n) is 5.38. The fourth-order valence-corrected chi connectivity index (χ4v) is 2.55. The molecule has 0 radical (unpaired) electrons. The molecule has 0 saturated carbocycles. The summed E-state index contributed by atoms with van der Waals surface area (Å²) in [5.41, 5.74) is 4.25. The quantitative estimate of drug-likeness (QED) is 0.699. The molecular weight excluding hydrogens is 284 g/mol. The molecule has 1 aromatic heterocycles. The first-order valence-electron chi connectivity index (χ1n) is 7.87. The maximum Gasteiger partial charge on any atom is 0.220 e. The Morgan fingerprint density at radius 3 is 2.17 bits per heavy atom. The fourth-order valence-electron chi connectivity index (χ4n) is 2.55. The summed E-state index contributed by atoms with van der Waals surface area (Å²) in [6, 6.07) is 20.3. The van der Waals surface area contributed by atoms with E-state index in [1.54, 1.807) is 0 Å². The zero-order valence-corrected chi connectivity index (χ0v) is 13.5. The molecule has 0 saturated heterocycles. The van der Waals surface area contributed by atoms with Gasteiger partial charge in [0, 0.05) is 23.2 Å². The number of nitrogens with zero attached hydrogens (tertiary/aromatic N) is 2. The SMILES string of the molecule is CCOc1nc(-c2ccccc2)nc(C)c1Cc1ccccc1. The highest BCUT2D eigenvalue weighted by Crippen LogP contribution is 2.26. The van der Waals surface area contributed by atoms with Gasteiger partial charge < -0.3 is 4.74 Å². The second-order valence-corrected chi connectivity index (χ2v) is 5.38. The Balaban J connectivity index is 2.02. The number of ether oxygens (including phenoxy) is 1. The van der Waals surface area contributed by atoms with Crippen LogP contribution in [-0.4, -0.2) is 16.6 Å². The number of benzene rings is 2. The molecule has 116 valence electrons. The van der Waals surface area contributed by atoms with Gasteiger partial charge in [-0.15, -0.1) is 0 Å². The smallest absolute Gasteiger partial charge is 0.220 e. The number of hydrogen-bond acceptors (Lipinski definition) is 3.